The topological polar surface area (TPSA) is 87.0 Å². The first kappa shape index (κ1) is 23.5. The van der Waals surface area contributed by atoms with Crippen molar-refractivity contribution >= 4 is 16.7 Å². The molecular formula is C28H35N7. The van der Waals surface area contributed by atoms with E-state index in [0.29, 0.717) is 6.54 Å². The molecule has 0 radical (unpaired) electrons. The summed E-state index contributed by atoms with van der Waals surface area (Å²) in [6.07, 6.45) is 2.56. The van der Waals surface area contributed by atoms with Gasteiger partial charge in [0.15, 0.2) is 0 Å². The molecule has 0 spiro atoms. The molecule has 1 aliphatic rings. The molecule has 2 aromatic carbocycles. The van der Waals surface area contributed by atoms with Gasteiger partial charge in [-0.15, -0.1) is 0 Å². The first-order chi connectivity index (χ1) is 16.9. The number of fused-ring (bicyclic) bond motifs is 1. The lowest BCUT2D eigenvalue weighted by molar-refractivity contribution is 0.247. The standard InChI is InChI=1S/C28H35N7/c1-28(2,3)21-9-7-20(8-10-21)27-32-23-5-4-6-24(26(23)33-27)35-17-15-34(16-18-35)19-22-12-14-30-25(31-22)11-13-29/h4-10,12,14H,11,13,15-19,29H2,1-3H3,(H,32,33). The van der Waals surface area contributed by atoms with Crippen LogP contribution in [0.3, 0.4) is 0 Å². The predicted molar refractivity (Wildman–Crippen MR) is 143 cm³/mol. The molecule has 7 heteroatoms. The lowest BCUT2D eigenvalue weighted by atomic mass is 9.87. The monoisotopic (exact) mass is 469 g/mol. The van der Waals surface area contributed by atoms with Gasteiger partial charge in [0.2, 0.25) is 0 Å². The molecule has 182 valence electrons. The number of rotatable bonds is 6. The van der Waals surface area contributed by atoms with Crippen LogP contribution in [0.1, 0.15) is 37.9 Å². The van der Waals surface area contributed by atoms with Gasteiger partial charge in [0.1, 0.15) is 17.2 Å². The molecule has 3 heterocycles. The summed E-state index contributed by atoms with van der Waals surface area (Å²) in [4.78, 5) is 22.4. The molecular weight excluding hydrogens is 434 g/mol. The third-order valence-corrected chi connectivity index (χ3v) is 6.75. The van der Waals surface area contributed by atoms with Crippen molar-refractivity contribution in [2.45, 2.75) is 39.2 Å². The summed E-state index contributed by atoms with van der Waals surface area (Å²) in [5.74, 6) is 1.75. The fourth-order valence-corrected chi connectivity index (χ4v) is 4.69. The van der Waals surface area contributed by atoms with Crippen molar-refractivity contribution in [3.05, 3.63) is 71.8 Å². The molecule has 2 aromatic heterocycles. The first-order valence-electron chi connectivity index (χ1n) is 12.5. The number of para-hydroxylation sites is 1. The fourth-order valence-electron chi connectivity index (χ4n) is 4.69. The van der Waals surface area contributed by atoms with Crippen molar-refractivity contribution in [2.75, 3.05) is 37.6 Å². The van der Waals surface area contributed by atoms with E-state index in [9.17, 15) is 0 Å². The van der Waals surface area contributed by atoms with Gasteiger partial charge in [0, 0.05) is 50.9 Å². The quantitative estimate of drug-likeness (QED) is 0.441. The van der Waals surface area contributed by atoms with Crippen LogP contribution >= 0.6 is 0 Å². The van der Waals surface area contributed by atoms with Gasteiger partial charge >= 0.3 is 0 Å². The maximum atomic E-state index is 5.66. The molecule has 0 amide bonds. The fraction of sp³-hybridized carbons (Fsp3) is 0.393. The van der Waals surface area contributed by atoms with E-state index in [1.807, 2.05) is 12.3 Å². The number of aromatic amines is 1. The van der Waals surface area contributed by atoms with E-state index in [4.69, 9.17) is 10.7 Å². The Labute approximate surface area is 207 Å². The average Bonchev–Trinajstić information content (AvgIpc) is 3.29. The van der Waals surface area contributed by atoms with Gasteiger partial charge in [0.25, 0.3) is 0 Å². The molecule has 1 fully saturated rings. The maximum Gasteiger partial charge on any atom is 0.138 e. The SMILES string of the molecule is CC(C)(C)c1ccc(-c2nc3c(N4CCN(Cc5ccnc(CCN)n5)CC4)cccc3[nH]2)cc1. The summed E-state index contributed by atoms with van der Waals surface area (Å²) in [5.41, 5.74) is 12.6. The Balaban J connectivity index is 1.29. The molecule has 3 N–H and O–H groups in total. The summed E-state index contributed by atoms with van der Waals surface area (Å²) in [6, 6.07) is 17.2. The normalized spacial score (nSPS) is 15.1. The molecule has 0 bridgehead atoms. The van der Waals surface area contributed by atoms with Crippen LogP contribution in [0, 0.1) is 0 Å². The Morgan fingerprint density at radius 2 is 1.71 bits per heavy atom. The summed E-state index contributed by atoms with van der Waals surface area (Å²) >= 11 is 0. The molecule has 1 aliphatic heterocycles. The molecule has 7 nitrogen and oxygen atoms in total. The van der Waals surface area contributed by atoms with Crippen molar-refractivity contribution in [1.82, 2.24) is 24.8 Å². The minimum Gasteiger partial charge on any atom is -0.367 e. The van der Waals surface area contributed by atoms with E-state index in [1.54, 1.807) is 0 Å². The van der Waals surface area contributed by atoms with Crippen LogP contribution in [0.15, 0.2) is 54.7 Å². The summed E-state index contributed by atoms with van der Waals surface area (Å²) in [6.45, 7) is 12.0. The third kappa shape index (κ3) is 5.21. The Morgan fingerprint density at radius 3 is 2.43 bits per heavy atom. The first-order valence-corrected chi connectivity index (χ1v) is 12.5. The second-order valence-electron chi connectivity index (χ2n) is 10.4. The minimum absolute atomic E-state index is 0.141. The summed E-state index contributed by atoms with van der Waals surface area (Å²) in [7, 11) is 0. The van der Waals surface area contributed by atoms with Crippen molar-refractivity contribution in [3.63, 3.8) is 0 Å². The van der Waals surface area contributed by atoms with E-state index in [2.05, 4.69) is 88.0 Å². The lowest BCUT2D eigenvalue weighted by Gasteiger charge is -2.36. The lowest BCUT2D eigenvalue weighted by Crippen LogP contribution is -2.46. The van der Waals surface area contributed by atoms with Crippen molar-refractivity contribution < 1.29 is 0 Å². The van der Waals surface area contributed by atoms with Gasteiger partial charge in [0.05, 0.1) is 16.9 Å². The molecule has 0 unspecified atom stereocenters. The van der Waals surface area contributed by atoms with Crippen molar-refractivity contribution in [1.29, 1.82) is 0 Å². The number of H-pyrrole nitrogens is 1. The number of hydrogen-bond donors (Lipinski definition) is 2. The zero-order valence-electron chi connectivity index (χ0n) is 21.0. The predicted octanol–water partition coefficient (Wildman–Crippen LogP) is 4.14. The highest BCUT2D eigenvalue weighted by atomic mass is 15.3. The van der Waals surface area contributed by atoms with Crippen LogP contribution in [-0.4, -0.2) is 57.6 Å². The highest BCUT2D eigenvalue weighted by Crippen LogP contribution is 2.30. The smallest absolute Gasteiger partial charge is 0.138 e. The van der Waals surface area contributed by atoms with Crippen LogP contribution in [-0.2, 0) is 18.4 Å². The summed E-state index contributed by atoms with van der Waals surface area (Å²) in [5, 5.41) is 0. The van der Waals surface area contributed by atoms with E-state index in [1.165, 1.54) is 11.3 Å². The number of nitrogens with one attached hydrogen (secondary N) is 1. The van der Waals surface area contributed by atoms with Gasteiger partial charge in [-0.25, -0.2) is 15.0 Å². The van der Waals surface area contributed by atoms with E-state index < -0.39 is 0 Å². The molecule has 35 heavy (non-hydrogen) atoms. The van der Waals surface area contributed by atoms with Gasteiger partial charge in [-0.05, 0) is 35.7 Å². The summed E-state index contributed by atoms with van der Waals surface area (Å²) < 4.78 is 0. The van der Waals surface area contributed by atoms with Gasteiger partial charge < -0.3 is 15.6 Å². The number of anilines is 1. The number of piperazine rings is 1. The van der Waals surface area contributed by atoms with Gasteiger partial charge in [-0.3, -0.25) is 4.90 Å². The largest absolute Gasteiger partial charge is 0.367 e. The van der Waals surface area contributed by atoms with E-state index >= 15 is 0 Å². The Morgan fingerprint density at radius 1 is 0.943 bits per heavy atom. The van der Waals surface area contributed by atoms with Gasteiger partial charge in [-0.1, -0.05) is 51.1 Å². The Kier molecular flexibility index (Phi) is 6.54. The molecule has 0 saturated carbocycles. The third-order valence-electron chi connectivity index (χ3n) is 6.75. The Bertz CT molecular complexity index is 1280. The van der Waals surface area contributed by atoms with Crippen molar-refractivity contribution in [2.24, 2.45) is 5.73 Å². The number of nitrogens with zero attached hydrogens (tertiary/aromatic N) is 5. The van der Waals surface area contributed by atoms with Gasteiger partial charge in [-0.2, -0.15) is 0 Å². The number of nitrogens with two attached hydrogens (primary N) is 1. The van der Waals surface area contributed by atoms with E-state index in [0.717, 1.165) is 73.1 Å². The Hall–Kier alpha value is -3.29. The molecule has 4 aromatic rings. The number of benzene rings is 2. The molecule has 0 aliphatic carbocycles. The van der Waals surface area contributed by atoms with Crippen molar-refractivity contribution in [3.8, 4) is 11.4 Å². The zero-order chi connectivity index (χ0) is 24.4. The van der Waals surface area contributed by atoms with Crippen LogP contribution in [0.4, 0.5) is 5.69 Å². The highest BCUT2D eigenvalue weighted by Gasteiger charge is 2.21. The molecule has 5 rings (SSSR count). The number of hydrogen-bond acceptors (Lipinski definition) is 6. The second-order valence-corrected chi connectivity index (χ2v) is 10.4. The minimum atomic E-state index is 0.141. The zero-order valence-corrected chi connectivity index (χ0v) is 21.0. The number of aromatic nitrogens is 4. The van der Waals surface area contributed by atoms with Crippen LogP contribution in [0.5, 0.6) is 0 Å². The number of imidazole rings is 1. The van der Waals surface area contributed by atoms with Crippen LogP contribution in [0.25, 0.3) is 22.4 Å². The van der Waals surface area contributed by atoms with E-state index in [-0.39, 0.29) is 5.41 Å². The maximum absolute atomic E-state index is 5.66. The molecule has 0 atom stereocenters. The van der Waals surface area contributed by atoms with Crippen LogP contribution in [0.2, 0.25) is 0 Å². The highest BCUT2D eigenvalue weighted by molar-refractivity contribution is 5.91. The average molecular weight is 470 g/mol. The second kappa shape index (κ2) is 9.76. The molecule has 1 saturated heterocycles. The van der Waals surface area contributed by atoms with Crippen LogP contribution < -0.4 is 10.6 Å².